The van der Waals surface area contributed by atoms with Crippen molar-refractivity contribution in [2.45, 2.75) is 27.7 Å². The van der Waals surface area contributed by atoms with Crippen LogP contribution in [0.25, 0.3) is 0 Å². The third-order valence-corrected chi connectivity index (χ3v) is 3.08. The second kappa shape index (κ2) is 6.35. The molecule has 0 saturated carbocycles. The number of ether oxygens (including phenoxy) is 1. The van der Waals surface area contributed by atoms with Gasteiger partial charge in [-0.25, -0.2) is 9.97 Å². The summed E-state index contributed by atoms with van der Waals surface area (Å²) in [5, 5.41) is 2.63. The van der Waals surface area contributed by atoms with Gasteiger partial charge in [0.15, 0.2) is 6.61 Å². The molecule has 1 amide bonds. The van der Waals surface area contributed by atoms with Gasteiger partial charge in [-0.3, -0.25) is 10.1 Å². The molecule has 1 aromatic carbocycles. The Morgan fingerprint density at radius 2 is 1.71 bits per heavy atom. The normalized spacial score (nSPS) is 10.3. The first-order chi connectivity index (χ1) is 9.94. The maximum absolute atomic E-state index is 11.8. The van der Waals surface area contributed by atoms with E-state index in [1.54, 1.807) is 0 Å². The van der Waals surface area contributed by atoms with Crippen LogP contribution in [-0.4, -0.2) is 22.5 Å². The highest BCUT2D eigenvalue weighted by Crippen LogP contribution is 2.16. The molecule has 110 valence electrons. The number of carbonyl (C=O) groups excluding carboxylic acids is 1. The summed E-state index contributed by atoms with van der Waals surface area (Å²) in [4.78, 5) is 20.2. The lowest BCUT2D eigenvalue weighted by Gasteiger charge is -2.09. The molecular formula is C16H19N3O2. The summed E-state index contributed by atoms with van der Waals surface area (Å²) in [5.41, 5.74) is 3.95. The van der Waals surface area contributed by atoms with Crippen molar-refractivity contribution in [2.75, 3.05) is 11.9 Å². The number of nitrogens with zero attached hydrogens (tertiary/aromatic N) is 2. The Labute approximate surface area is 124 Å². The Morgan fingerprint density at radius 1 is 1.05 bits per heavy atom. The number of benzene rings is 1. The molecule has 0 aliphatic rings. The number of nitrogens with one attached hydrogen (secondary N) is 1. The Kier molecular flexibility index (Phi) is 4.52. The third-order valence-electron chi connectivity index (χ3n) is 3.08. The summed E-state index contributed by atoms with van der Waals surface area (Å²) >= 11 is 0. The van der Waals surface area contributed by atoms with Crippen LogP contribution < -0.4 is 10.1 Å². The zero-order chi connectivity index (χ0) is 15.4. The molecule has 5 nitrogen and oxygen atoms in total. The van der Waals surface area contributed by atoms with Gasteiger partial charge >= 0.3 is 0 Å². The molecule has 0 aliphatic heterocycles. The molecule has 0 aliphatic carbocycles. The number of amides is 1. The van der Waals surface area contributed by atoms with Crippen molar-refractivity contribution in [3.05, 3.63) is 46.8 Å². The van der Waals surface area contributed by atoms with Crippen LogP contribution in [0.15, 0.2) is 24.3 Å². The predicted molar refractivity (Wildman–Crippen MR) is 81.5 cm³/mol. The highest BCUT2D eigenvalue weighted by Gasteiger charge is 2.07. The van der Waals surface area contributed by atoms with Crippen molar-refractivity contribution in [2.24, 2.45) is 0 Å². The van der Waals surface area contributed by atoms with E-state index in [2.05, 4.69) is 15.3 Å². The maximum atomic E-state index is 11.8. The fourth-order valence-electron chi connectivity index (χ4n) is 1.90. The van der Waals surface area contributed by atoms with Crippen molar-refractivity contribution < 1.29 is 9.53 Å². The molecule has 0 saturated heterocycles. The van der Waals surface area contributed by atoms with Crippen LogP contribution in [0.2, 0.25) is 0 Å². The van der Waals surface area contributed by atoms with E-state index in [9.17, 15) is 4.79 Å². The van der Waals surface area contributed by atoms with Gasteiger partial charge in [0.1, 0.15) is 5.75 Å². The van der Waals surface area contributed by atoms with E-state index >= 15 is 0 Å². The van der Waals surface area contributed by atoms with Gasteiger partial charge in [-0.2, -0.15) is 0 Å². The lowest BCUT2D eigenvalue weighted by Crippen LogP contribution is -2.21. The van der Waals surface area contributed by atoms with Crippen LogP contribution in [0.3, 0.4) is 0 Å². The smallest absolute Gasteiger partial charge is 0.264 e. The number of rotatable bonds is 4. The summed E-state index contributed by atoms with van der Waals surface area (Å²) in [6.07, 6.45) is 0. The molecule has 1 N–H and O–H groups in total. The van der Waals surface area contributed by atoms with Gasteiger partial charge in [0, 0.05) is 11.4 Å². The first kappa shape index (κ1) is 15.0. The standard InChI is InChI=1S/C16H19N3O2/c1-10-5-6-14(7-11(10)2)21-9-15(20)19-16-17-12(3)8-13(4)18-16/h5-8H,9H2,1-4H3,(H,17,18,19,20). The van der Waals surface area contributed by atoms with Gasteiger partial charge in [-0.1, -0.05) is 6.07 Å². The van der Waals surface area contributed by atoms with E-state index in [0.29, 0.717) is 11.7 Å². The predicted octanol–water partition coefficient (Wildman–Crippen LogP) is 2.73. The zero-order valence-electron chi connectivity index (χ0n) is 12.7. The SMILES string of the molecule is Cc1cc(C)nc(NC(=O)COc2ccc(C)c(C)c2)n1. The molecular weight excluding hydrogens is 266 g/mol. The molecule has 0 atom stereocenters. The molecule has 0 bridgehead atoms. The van der Waals surface area contributed by atoms with Crippen LogP contribution in [0.4, 0.5) is 5.95 Å². The second-order valence-corrected chi connectivity index (χ2v) is 5.06. The number of carbonyl (C=O) groups is 1. The van der Waals surface area contributed by atoms with Crippen LogP contribution in [0.5, 0.6) is 5.75 Å². The summed E-state index contributed by atoms with van der Waals surface area (Å²) in [6, 6.07) is 7.58. The number of aryl methyl sites for hydroxylation is 4. The Balaban J connectivity index is 1.94. The van der Waals surface area contributed by atoms with Crippen LogP contribution in [0, 0.1) is 27.7 Å². The molecule has 5 heteroatoms. The lowest BCUT2D eigenvalue weighted by atomic mass is 10.1. The fourth-order valence-corrected chi connectivity index (χ4v) is 1.90. The van der Waals surface area contributed by atoms with Crippen molar-refractivity contribution in [3.63, 3.8) is 0 Å². The minimum atomic E-state index is -0.279. The van der Waals surface area contributed by atoms with E-state index in [1.807, 2.05) is 52.0 Å². The van der Waals surface area contributed by atoms with Gasteiger partial charge < -0.3 is 4.74 Å². The molecule has 0 unspecified atom stereocenters. The van der Waals surface area contributed by atoms with Gasteiger partial charge in [0.05, 0.1) is 0 Å². The largest absolute Gasteiger partial charge is 0.484 e. The Morgan fingerprint density at radius 3 is 2.33 bits per heavy atom. The number of hydrogen-bond donors (Lipinski definition) is 1. The second-order valence-electron chi connectivity index (χ2n) is 5.06. The highest BCUT2D eigenvalue weighted by atomic mass is 16.5. The molecule has 2 rings (SSSR count). The maximum Gasteiger partial charge on any atom is 0.264 e. The van der Waals surface area contributed by atoms with Crippen molar-refractivity contribution in [1.82, 2.24) is 9.97 Å². The third kappa shape index (κ3) is 4.27. The summed E-state index contributed by atoms with van der Waals surface area (Å²) in [6.45, 7) is 7.68. The number of aromatic nitrogens is 2. The van der Waals surface area contributed by atoms with Gasteiger partial charge in [-0.05, 0) is 57.0 Å². The number of hydrogen-bond acceptors (Lipinski definition) is 4. The van der Waals surface area contributed by atoms with E-state index in [4.69, 9.17) is 4.74 Å². The molecule has 21 heavy (non-hydrogen) atoms. The summed E-state index contributed by atoms with van der Waals surface area (Å²) in [7, 11) is 0. The van der Waals surface area contributed by atoms with Gasteiger partial charge in [-0.15, -0.1) is 0 Å². The van der Waals surface area contributed by atoms with Crippen LogP contribution in [0.1, 0.15) is 22.5 Å². The molecule has 2 aromatic rings. The minimum absolute atomic E-state index is 0.0706. The van der Waals surface area contributed by atoms with Crippen LogP contribution >= 0.6 is 0 Å². The highest BCUT2D eigenvalue weighted by molar-refractivity contribution is 5.90. The van der Waals surface area contributed by atoms with Crippen molar-refractivity contribution in [1.29, 1.82) is 0 Å². The quantitative estimate of drug-likeness (QED) is 0.938. The van der Waals surface area contributed by atoms with E-state index in [1.165, 1.54) is 5.56 Å². The minimum Gasteiger partial charge on any atom is -0.484 e. The van der Waals surface area contributed by atoms with Crippen molar-refractivity contribution >= 4 is 11.9 Å². The topological polar surface area (TPSA) is 64.1 Å². The average Bonchev–Trinajstić information content (AvgIpc) is 2.39. The van der Waals surface area contributed by atoms with Gasteiger partial charge in [0.25, 0.3) is 5.91 Å². The van der Waals surface area contributed by atoms with E-state index in [0.717, 1.165) is 17.0 Å². The summed E-state index contributed by atoms with van der Waals surface area (Å²) < 4.78 is 5.47. The Bertz CT molecular complexity index is 648. The van der Waals surface area contributed by atoms with Crippen molar-refractivity contribution in [3.8, 4) is 5.75 Å². The van der Waals surface area contributed by atoms with Crippen LogP contribution in [-0.2, 0) is 4.79 Å². The number of anilines is 1. The first-order valence-corrected chi connectivity index (χ1v) is 6.76. The zero-order valence-corrected chi connectivity index (χ0v) is 12.7. The van der Waals surface area contributed by atoms with Gasteiger partial charge in [0.2, 0.25) is 5.95 Å². The summed E-state index contributed by atoms with van der Waals surface area (Å²) in [5.74, 6) is 0.703. The first-order valence-electron chi connectivity index (χ1n) is 6.76. The molecule has 0 radical (unpaired) electrons. The monoisotopic (exact) mass is 285 g/mol. The molecule has 0 fully saturated rings. The molecule has 1 heterocycles. The fraction of sp³-hybridized carbons (Fsp3) is 0.312. The lowest BCUT2D eigenvalue weighted by molar-refractivity contribution is -0.118. The van der Waals surface area contributed by atoms with E-state index in [-0.39, 0.29) is 12.5 Å². The molecule has 0 spiro atoms. The van der Waals surface area contributed by atoms with E-state index < -0.39 is 0 Å². The molecule has 1 aromatic heterocycles. The Hall–Kier alpha value is -2.43. The average molecular weight is 285 g/mol.